The molecule has 0 saturated carbocycles. The van der Waals surface area contributed by atoms with E-state index >= 15 is 0 Å². The van der Waals surface area contributed by atoms with Gasteiger partial charge in [-0.15, -0.1) is 54.1 Å². The zero-order valence-corrected chi connectivity index (χ0v) is 42.3. The predicted octanol–water partition coefficient (Wildman–Crippen LogP) is 15.5. The predicted molar refractivity (Wildman–Crippen MR) is 282 cm³/mol. The van der Waals surface area contributed by atoms with Crippen molar-refractivity contribution in [2.45, 2.75) is 52.7 Å². The molecule has 11 aromatic rings. The van der Waals surface area contributed by atoms with Crippen molar-refractivity contribution in [3.8, 4) is 61.8 Å². The molecule has 0 N–H and O–H groups in total. The van der Waals surface area contributed by atoms with Gasteiger partial charge in [-0.3, -0.25) is 4.98 Å². The van der Waals surface area contributed by atoms with Gasteiger partial charge in [-0.1, -0.05) is 166 Å². The molecule has 0 amide bonds. The van der Waals surface area contributed by atoms with Gasteiger partial charge in [0, 0.05) is 52.5 Å². The zero-order chi connectivity index (χ0) is 48.8. The van der Waals surface area contributed by atoms with E-state index in [1.54, 1.807) is 24.3 Å². The summed E-state index contributed by atoms with van der Waals surface area (Å²) >= 11 is 0. The first-order valence-electron chi connectivity index (χ1n) is 24.2. The summed E-state index contributed by atoms with van der Waals surface area (Å²) in [6, 6.07) is 67.7. The molecule has 4 heterocycles. The van der Waals surface area contributed by atoms with Crippen LogP contribution in [0.4, 0.5) is 0 Å². The average molecular weight is 1080 g/mol. The largest absolute Gasteiger partial charge is 0.486 e. The number of nitrogens with zero attached hydrogens (tertiary/aromatic N) is 4. The summed E-state index contributed by atoms with van der Waals surface area (Å²) < 4.78 is 32.2. The minimum absolute atomic E-state index is 0. The molecule has 5 nitrogen and oxygen atoms in total. The van der Waals surface area contributed by atoms with Crippen LogP contribution in [0, 0.1) is 19.0 Å². The summed E-state index contributed by atoms with van der Waals surface area (Å²) in [6.45, 7) is 11.6. The third kappa shape index (κ3) is 9.18. The number of hydrogen-bond donors (Lipinski definition) is 0. The molecular formula is C61H52IrN4OSi-2. The number of aryl methyl sites for hydroxylation is 1. The maximum absolute atomic E-state index is 7.75. The fourth-order valence-corrected chi connectivity index (χ4v) is 9.58. The number of fused-ring (bicyclic) bond motifs is 4. The molecule has 0 saturated heterocycles. The zero-order valence-electron chi connectivity index (χ0n) is 41.9. The number of imidazole rings is 1. The van der Waals surface area contributed by atoms with Gasteiger partial charge in [0.1, 0.15) is 0 Å². The second-order valence-electron chi connectivity index (χ2n) is 18.9. The van der Waals surface area contributed by atoms with E-state index in [1.165, 1.54) is 10.8 Å². The van der Waals surface area contributed by atoms with Crippen LogP contribution < -0.4 is 5.19 Å². The molecule has 0 bridgehead atoms. The molecule has 0 atom stereocenters. The molecule has 0 unspecified atom stereocenters. The molecule has 0 aliphatic rings. The Morgan fingerprint density at radius 2 is 1.28 bits per heavy atom. The standard InChI is InChI=1S/C47H36N3O.C14H16NSi.Ir/c1-30-22-24-33(25-23-30)40-27-26-36-35-18-13-19-37(44(35)51-46(36)49-40)45-48-41-20-11-12-21-42(41)50(45)43-38(31-14-7-5-8-15-31)28-34(47(2,3)4)29-39(43)32-16-9-6-10-17-32;1-16(2,3)13-9-10-14(15-11-13)12-7-5-4-6-8-12;/h5-18,20-29H,1-4H3;4-7,9-11H,1-3H3;/q2*-1;/i1D3;;. The van der Waals surface area contributed by atoms with Crippen LogP contribution in [0.15, 0.2) is 193 Å². The Balaban J connectivity index is 0.000000313. The van der Waals surface area contributed by atoms with E-state index in [9.17, 15) is 0 Å². The van der Waals surface area contributed by atoms with E-state index in [4.69, 9.17) is 18.5 Å². The Morgan fingerprint density at radius 3 is 1.90 bits per heavy atom. The molecule has 0 aliphatic heterocycles. The molecule has 11 rings (SSSR count). The summed E-state index contributed by atoms with van der Waals surface area (Å²) in [5.74, 6) is 0.708. The number of aromatic nitrogens is 4. The molecule has 68 heavy (non-hydrogen) atoms. The Bertz CT molecular complexity index is 3580. The van der Waals surface area contributed by atoms with Gasteiger partial charge in [-0.25, -0.2) is 4.98 Å². The first kappa shape index (κ1) is 42.3. The molecular weight excluding hydrogens is 1030 g/mol. The van der Waals surface area contributed by atoms with E-state index in [0.29, 0.717) is 22.8 Å². The van der Waals surface area contributed by atoms with Gasteiger partial charge >= 0.3 is 0 Å². The molecule has 4 aromatic heterocycles. The smallest absolute Gasteiger partial charge is 0.216 e. The minimum Gasteiger partial charge on any atom is -0.486 e. The Morgan fingerprint density at radius 1 is 0.618 bits per heavy atom. The number of hydrogen-bond acceptors (Lipinski definition) is 4. The third-order valence-corrected chi connectivity index (χ3v) is 14.3. The van der Waals surface area contributed by atoms with Crippen molar-refractivity contribution in [1.29, 1.82) is 0 Å². The summed E-state index contributed by atoms with van der Waals surface area (Å²) in [5, 5.41) is 3.17. The van der Waals surface area contributed by atoms with Crippen molar-refractivity contribution < 1.29 is 28.6 Å². The minimum atomic E-state index is -2.17. The van der Waals surface area contributed by atoms with E-state index in [2.05, 4.69) is 159 Å². The normalized spacial score (nSPS) is 12.5. The maximum atomic E-state index is 7.75. The molecule has 337 valence electrons. The maximum Gasteiger partial charge on any atom is 0.216 e. The van der Waals surface area contributed by atoms with Crippen LogP contribution in [0.3, 0.4) is 0 Å². The Kier molecular flexibility index (Phi) is 11.8. The second-order valence-corrected chi connectivity index (χ2v) is 24.0. The number of benzene rings is 7. The van der Waals surface area contributed by atoms with Gasteiger partial charge in [-0.2, -0.15) is 0 Å². The van der Waals surface area contributed by atoms with Crippen molar-refractivity contribution >= 4 is 46.4 Å². The average Bonchev–Trinajstić information content (AvgIpc) is 3.95. The van der Waals surface area contributed by atoms with Gasteiger partial charge in [0.2, 0.25) is 5.71 Å². The summed E-state index contributed by atoms with van der Waals surface area (Å²) in [5.41, 5.74) is 14.1. The van der Waals surface area contributed by atoms with Crippen molar-refractivity contribution in [2.24, 2.45) is 0 Å². The molecule has 0 fully saturated rings. The number of pyridine rings is 2. The molecule has 0 aliphatic carbocycles. The summed E-state index contributed by atoms with van der Waals surface area (Å²) in [4.78, 5) is 14.8. The van der Waals surface area contributed by atoms with Crippen LogP contribution >= 0.6 is 0 Å². The van der Waals surface area contributed by atoms with E-state index in [0.717, 1.165) is 72.1 Å². The van der Waals surface area contributed by atoms with E-state index in [1.807, 2.05) is 66.9 Å². The van der Waals surface area contributed by atoms with Gasteiger partial charge in [0.05, 0.1) is 41.9 Å². The second kappa shape index (κ2) is 18.9. The van der Waals surface area contributed by atoms with Crippen LogP contribution in [0.2, 0.25) is 19.6 Å². The van der Waals surface area contributed by atoms with Crippen LogP contribution in [-0.4, -0.2) is 27.6 Å². The molecule has 0 spiro atoms. The van der Waals surface area contributed by atoms with Gasteiger partial charge in [0.25, 0.3) is 0 Å². The number of para-hydroxylation sites is 2. The number of furan rings is 1. The fraction of sp³-hybridized carbons (Fsp3) is 0.131. The quantitative estimate of drug-likeness (QED) is 0.118. The summed E-state index contributed by atoms with van der Waals surface area (Å²) in [6.07, 6.45) is 2.02. The molecule has 7 heteroatoms. The first-order chi connectivity index (χ1) is 33.6. The van der Waals surface area contributed by atoms with Crippen molar-refractivity contribution in [1.82, 2.24) is 19.5 Å². The molecule has 1 radical (unpaired) electrons. The topological polar surface area (TPSA) is 56.7 Å². The molecule has 7 aromatic carbocycles. The SMILES string of the molecule is C[Si](C)(C)c1ccc(-c2[c-]cccc2)nc1.[2H]C([2H])([2H])c1ccc(-c2ccc3c(n2)oc2c(-c4nc5ccccc5n4-c4c(-c5ccccc5)cc(C(C)(C)C)cc4-c4ccccc4)[c-]ccc23)cc1.[Ir]. The van der Waals surface area contributed by atoms with Crippen molar-refractivity contribution in [2.75, 3.05) is 0 Å². The van der Waals surface area contributed by atoms with Gasteiger partial charge in [0.15, 0.2) is 0 Å². The van der Waals surface area contributed by atoms with Crippen LogP contribution in [-0.2, 0) is 25.5 Å². The number of rotatable bonds is 7. The van der Waals surface area contributed by atoms with Crippen molar-refractivity contribution in [3.05, 3.63) is 211 Å². The van der Waals surface area contributed by atoms with Gasteiger partial charge in [-0.05, 0) is 76.2 Å². The fourth-order valence-electron chi connectivity index (χ4n) is 8.54. The van der Waals surface area contributed by atoms with E-state index < -0.39 is 14.9 Å². The summed E-state index contributed by atoms with van der Waals surface area (Å²) in [7, 11) is -1.23. The van der Waals surface area contributed by atoms with Crippen LogP contribution in [0.1, 0.15) is 36.0 Å². The van der Waals surface area contributed by atoms with Gasteiger partial charge < -0.3 is 14.0 Å². The van der Waals surface area contributed by atoms with Crippen molar-refractivity contribution in [3.63, 3.8) is 0 Å². The third-order valence-electron chi connectivity index (χ3n) is 12.2. The van der Waals surface area contributed by atoms with Crippen LogP contribution in [0.25, 0.3) is 94.9 Å². The first-order valence-corrected chi connectivity index (χ1v) is 26.2. The Labute approximate surface area is 418 Å². The van der Waals surface area contributed by atoms with E-state index in [-0.39, 0.29) is 31.1 Å². The van der Waals surface area contributed by atoms with Crippen LogP contribution in [0.5, 0.6) is 0 Å². The Hall–Kier alpha value is -7.02. The monoisotopic (exact) mass is 1080 g/mol.